The van der Waals surface area contributed by atoms with Crippen LogP contribution < -0.4 is 5.32 Å². The van der Waals surface area contributed by atoms with Gasteiger partial charge in [-0.1, -0.05) is 0 Å². The fraction of sp³-hybridized carbons (Fsp3) is 0.692. The lowest BCUT2D eigenvalue weighted by molar-refractivity contribution is -0.153. The van der Waals surface area contributed by atoms with Crippen molar-refractivity contribution in [1.82, 2.24) is 10.2 Å². The number of hydrogen-bond acceptors (Lipinski definition) is 5. The molecule has 108 valence electrons. The maximum Gasteiger partial charge on any atom is 0.249 e. The Morgan fingerprint density at radius 1 is 1.15 bits per heavy atom. The maximum atomic E-state index is 12.6. The molecule has 20 heavy (non-hydrogen) atoms. The van der Waals surface area contributed by atoms with Gasteiger partial charge in [0.1, 0.15) is 6.04 Å². The molecule has 0 aromatic carbocycles. The van der Waals surface area contributed by atoms with Crippen LogP contribution in [0.3, 0.4) is 0 Å². The van der Waals surface area contributed by atoms with Gasteiger partial charge in [0, 0.05) is 26.1 Å². The molecule has 3 aliphatic rings. The molecule has 4 amide bonds. The molecule has 7 heteroatoms. The number of piperidine rings is 1. The predicted molar refractivity (Wildman–Crippen MR) is 65.1 cm³/mol. The first-order valence-electron chi connectivity index (χ1n) is 6.81. The standard InChI is InChI=1S/C13H16N2O5/c16-9-2-1-8(11(18)14-9)15-10(17)7-13(12(15)19)3-5-20-6-4-13/h8H,1-7H2,(H,14,16,18). The Labute approximate surface area is 115 Å². The van der Waals surface area contributed by atoms with Crippen molar-refractivity contribution in [2.45, 2.75) is 38.1 Å². The predicted octanol–water partition coefficient (Wildman–Crippen LogP) is -0.653. The smallest absolute Gasteiger partial charge is 0.249 e. The Morgan fingerprint density at radius 2 is 1.85 bits per heavy atom. The third-order valence-electron chi connectivity index (χ3n) is 4.40. The summed E-state index contributed by atoms with van der Waals surface area (Å²) in [6.07, 6.45) is 1.55. The lowest BCUT2D eigenvalue weighted by Crippen LogP contribution is -2.55. The fourth-order valence-corrected chi connectivity index (χ4v) is 3.22. The van der Waals surface area contributed by atoms with Crippen LogP contribution in [-0.2, 0) is 23.9 Å². The van der Waals surface area contributed by atoms with Crippen molar-refractivity contribution < 1.29 is 23.9 Å². The van der Waals surface area contributed by atoms with E-state index in [9.17, 15) is 19.2 Å². The summed E-state index contributed by atoms with van der Waals surface area (Å²) in [5, 5.41) is 2.19. The molecular weight excluding hydrogens is 264 g/mol. The molecule has 1 N–H and O–H groups in total. The molecule has 0 aliphatic carbocycles. The van der Waals surface area contributed by atoms with E-state index >= 15 is 0 Å². The van der Waals surface area contributed by atoms with Crippen LogP contribution in [0.5, 0.6) is 0 Å². The first-order valence-corrected chi connectivity index (χ1v) is 6.81. The molecule has 0 aromatic rings. The van der Waals surface area contributed by atoms with Gasteiger partial charge in [-0.05, 0) is 19.3 Å². The van der Waals surface area contributed by atoms with Crippen LogP contribution in [0.15, 0.2) is 0 Å². The number of nitrogens with one attached hydrogen (secondary N) is 1. The van der Waals surface area contributed by atoms with Crippen LogP contribution in [0.25, 0.3) is 0 Å². The van der Waals surface area contributed by atoms with Crippen molar-refractivity contribution in [2.75, 3.05) is 13.2 Å². The SMILES string of the molecule is O=C1CCC(N2C(=O)CC3(CCOCC3)C2=O)C(=O)N1. The zero-order valence-electron chi connectivity index (χ0n) is 11.0. The summed E-state index contributed by atoms with van der Waals surface area (Å²) in [5.74, 6) is -1.50. The molecule has 0 bridgehead atoms. The van der Waals surface area contributed by atoms with E-state index < -0.39 is 17.4 Å². The summed E-state index contributed by atoms with van der Waals surface area (Å²) in [7, 11) is 0. The van der Waals surface area contributed by atoms with Crippen molar-refractivity contribution in [1.29, 1.82) is 0 Å². The Morgan fingerprint density at radius 3 is 2.50 bits per heavy atom. The summed E-state index contributed by atoms with van der Waals surface area (Å²) < 4.78 is 5.25. The minimum Gasteiger partial charge on any atom is -0.381 e. The van der Waals surface area contributed by atoms with Crippen molar-refractivity contribution in [3.05, 3.63) is 0 Å². The second-order valence-electron chi connectivity index (χ2n) is 5.61. The molecule has 3 rings (SSSR count). The number of carbonyl (C=O) groups is 4. The summed E-state index contributed by atoms with van der Waals surface area (Å²) >= 11 is 0. The molecule has 3 saturated heterocycles. The number of imide groups is 2. The Bertz CT molecular complexity index is 495. The van der Waals surface area contributed by atoms with E-state index in [-0.39, 0.29) is 37.0 Å². The van der Waals surface area contributed by atoms with Gasteiger partial charge in [-0.15, -0.1) is 0 Å². The van der Waals surface area contributed by atoms with Crippen molar-refractivity contribution >= 4 is 23.6 Å². The average molecular weight is 280 g/mol. The number of carbonyl (C=O) groups excluding carboxylic acids is 4. The average Bonchev–Trinajstić information content (AvgIpc) is 2.63. The number of likely N-dealkylation sites (tertiary alicyclic amines) is 1. The zero-order chi connectivity index (χ0) is 14.3. The van der Waals surface area contributed by atoms with E-state index in [4.69, 9.17) is 4.74 Å². The number of nitrogens with zero attached hydrogens (tertiary/aromatic N) is 1. The fourth-order valence-electron chi connectivity index (χ4n) is 3.22. The van der Waals surface area contributed by atoms with Gasteiger partial charge in [-0.25, -0.2) is 0 Å². The summed E-state index contributed by atoms with van der Waals surface area (Å²) in [6.45, 7) is 0.921. The first kappa shape index (κ1) is 13.2. The molecule has 0 aromatic heterocycles. The molecule has 3 aliphatic heterocycles. The number of amides is 4. The van der Waals surface area contributed by atoms with Gasteiger partial charge in [0.2, 0.25) is 23.6 Å². The van der Waals surface area contributed by atoms with Gasteiger partial charge in [0.25, 0.3) is 0 Å². The number of hydrogen-bond donors (Lipinski definition) is 1. The van der Waals surface area contributed by atoms with Gasteiger partial charge in [0.15, 0.2) is 0 Å². The highest BCUT2D eigenvalue weighted by atomic mass is 16.5. The summed E-state index contributed by atoms with van der Waals surface area (Å²) in [6, 6.07) is -0.838. The Balaban J connectivity index is 1.83. The summed E-state index contributed by atoms with van der Waals surface area (Å²) in [5.41, 5.74) is -0.697. The van der Waals surface area contributed by atoms with Gasteiger partial charge >= 0.3 is 0 Å². The van der Waals surface area contributed by atoms with Crippen LogP contribution in [0.2, 0.25) is 0 Å². The maximum absolute atomic E-state index is 12.6. The van der Waals surface area contributed by atoms with Crippen LogP contribution in [0, 0.1) is 5.41 Å². The van der Waals surface area contributed by atoms with Crippen molar-refractivity contribution in [3.63, 3.8) is 0 Å². The molecule has 1 unspecified atom stereocenters. The minimum absolute atomic E-state index is 0.146. The van der Waals surface area contributed by atoms with E-state index in [0.29, 0.717) is 26.1 Å². The van der Waals surface area contributed by atoms with Crippen molar-refractivity contribution in [3.8, 4) is 0 Å². The normalized spacial score (nSPS) is 30.0. The Hall–Kier alpha value is -1.76. The highest BCUT2D eigenvalue weighted by Crippen LogP contribution is 2.42. The molecule has 0 saturated carbocycles. The van der Waals surface area contributed by atoms with Crippen LogP contribution in [0.1, 0.15) is 32.1 Å². The topological polar surface area (TPSA) is 92.8 Å². The van der Waals surface area contributed by atoms with E-state index in [2.05, 4.69) is 5.32 Å². The second kappa shape index (κ2) is 4.66. The van der Waals surface area contributed by atoms with E-state index in [0.717, 1.165) is 4.90 Å². The van der Waals surface area contributed by atoms with E-state index in [1.165, 1.54) is 0 Å². The second-order valence-corrected chi connectivity index (χ2v) is 5.61. The number of ether oxygens (including phenoxy) is 1. The molecule has 3 heterocycles. The van der Waals surface area contributed by atoms with E-state index in [1.807, 2.05) is 0 Å². The highest BCUT2D eigenvalue weighted by molar-refractivity contribution is 6.11. The molecule has 7 nitrogen and oxygen atoms in total. The first-order chi connectivity index (χ1) is 9.53. The number of rotatable bonds is 1. The van der Waals surface area contributed by atoms with Crippen LogP contribution >= 0.6 is 0 Å². The lowest BCUT2D eigenvalue weighted by atomic mass is 9.79. The lowest BCUT2D eigenvalue weighted by Gasteiger charge is -2.33. The van der Waals surface area contributed by atoms with E-state index in [1.54, 1.807) is 0 Å². The third kappa shape index (κ3) is 1.93. The van der Waals surface area contributed by atoms with Gasteiger partial charge < -0.3 is 4.74 Å². The van der Waals surface area contributed by atoms with Gasteiger partial charge in [-0.3, -0.25) is 29.4 Å². The highest BCUT2D eigenvalue weighted by Gasteiger charge is 2.55. The largest absolute Gasteiger partial charge is 0.381 e. The van der Waals surface area contributed by atoms with Crippen LogP contribution in [0.4, 0.5) is 0 Å². The van der Waals surface area contributed by atoms with Crippen LogP contribution in [-0.4, -0.2) is 47.8 Å². The van der Waals surface area contributed by atoms with Crippen molar-refractivity contribution in [2.24, 2.45) is 5.41 Å². The monoisotopic (exact) mass is 280 g/mol. The molecule has 1 spiro atoms. The minimum atomic E-state index is -0.838. The van der Waals surface area contributed by atoms with Gasteiger partial charge in [-0.2, -0.15) is 0 Å². The molecule has 3 fully saturated rings. The summed E-state index contributed by atoms with van der Waals surface area (Å²) in [4.78, 5) is 48.9. The molecule has 0 radical (unpaired) electrons. The van der Waals surface area contributed by atoms with Gasteiger partial charge in [0.05, 0.1) is 5.41 Å². The molecule has 1 atom stereocenters. The third-order valence-corrected chi connectivity index (χ3v) is 4.40. The Kier molecular flexibility index (Phi) is 3.08. The quantitative estimate of drug-likeness (QED) is 0.644. The molecular formula is C13H16N2O5. The zero-order valence-corrected chi connectivity index (χ0v) is 11.0.